The van der Waals surface area contributed by atoms with E-state index in [2.05, 4.69) is 44.2 Å². The highest BCUT2D eigenvalue weighted by molar-refractivity contribution is 5.90. The number of carbonyl (C=O) groups excluding carboxylic acids is 1. The third-order valence-electron chi connectivity index (χ3n) is 4.85. The van der Waals surface area contributed by atoms with Crippen molar-refractivity contribution in [1.29, 1.82) is 0 Å². The lowest BCUT2D eigenvalue weighted by molar-refractivity contribution is 0.0937. The van der Waals surface area contributed by atoms with Crippen molar-refractivity contribution in [2.75, 3.05) is 32.1 Å². The number of aryl methyl sites for hydroxylation is 2. The monoisotopic (exact) mass is 358 g/mol. The van der Waals surface area contributed by atoms with Gasteiger partial charge in [0.15, 0.2) is 5.89 Å². The molecule has 1 atom stereocenters. The van der Waals surface area contributed by atoms with Gasteiger partial charge in [-0.1, -0.05) is 0 Å². The van der Waals surface area contributed by atoms with E-state index < -0.39 is 0 Å². The van der Waals surface area contributed by atoms with E-state index in [-0.39, 0.29) is 18.3 Å². The molecule has 0 bridgehead atoms. The lowest BCUT2D eigenvalue weighted by atomic mass is 10.2. The summed E-state index contributed by atoms with van der Waals surface area (Å²) in [6, 6.07) is 0.497. The van der Waals surface area contributed by atoms with Gasteiger partial charge in [0.1, 0.15) is 11.6 Å². The van der Waals surface area contributed by atoms with Crippen LogP contribution in [-0.4, -0.2) is 59.0 Å². The van der Waals surface area contributed by atoms with E-state index in [0.717, 1.165) is 36.6 Å². The standard InChI is InChI=1S/C18H26N6O2/c1-11-12(2)21-16(18(25)20-9-15-8-19-13(3)26-15)22-17(11)24-7-6-14(10-24)23(4)5/h8,14H,6-7,9-10H2,1-5H3,(H,20,25)/t14-/m1/s1. The van der Waals surface area contributed by atoms with Crippen LogP contribution in [0.1, 0.15) is 39.9 Å². The molecule has 0 aliphatic carbocycles. The summed E-state index contributed by atoms with van der Waals surface area (Å²) in [6.45, 7) is 7.78. The summed E-state index contributed by atoms with van der Waals surface area (Å²) in [5, 5.41) is 2.80. The molecule has 2 aromatic rings. The summed E-state index contributed by atoms with van der Waals surface area (Å²) in [6.07, 6.45) is 2.69. The highest BCUT2D eigenvalue weighted by Crippen LogP contribution is 2.25. The zero-order chi connectivity index (χ0) is 18.8. The number of likely N-dealkylation sites (N-methyl/N-ethyl adjacent to an activating group) is 1. The molecule has 8 nitrogen and oxygen atoms in total. The van der Waals surface area contributed by atoms with Crippen LogP contribution in [0.3, 0.4) is 0 Å². The highest BCUT2D eigenvalue weighted by Gasteiger charge is 2.27. The van der Waals surface area contributed by atoms with Crippen LogP contribution >= 0.6 is 0 Å². The Morgan fingerprint density at radius 2 is 2.12 bits per heavy atom. The first-order valence-corrected chi connectivity index (χ1v) is 8.81. The molecule has 2 aromatic heterocycles. The maximum Gasteiger partial charge on any atom is 0.289 e. The number of hydrogen-bond donors (Lipinski definition) is 1. The zero-order valence-corrected chi connectivity index (χ0v) is 16.0. The number of aromatic nitrogens is 3. The van der Waals surface area contributed by atoms with Crippen LogP contribution in [0.4, 0.5) is 5.82 Å². The Morgan fingerprint density at radius 1 is 1.35 bits per heavy atom. The average Bonchev–Trinajstić information content (AvgIpc) is 3.24. The van der Waals surface area contributed by atoms with Crippen molar-refractivity contribution in [3.05, 3.63) is 34.9 Å². The lowest BCUT2D eigenvalue weighted by Gasteiger charge is -2.23. The predicted octanol–water partition coefficient (Wildman–Crippen LogP) is 1.46. The lowest BCUT2D eigenvalue weighted by Crippen LogP contribution is -2.33. The van der Waals surface area contributed by atoms with Crippen molar-refractivity contribution in [3.63, 3.8) is 0 Å². The molecule has 8 heteroatoms. The summed E-state index contributed by atoms with van der Waals surface area (Å²) in [5.74, 6) is 1.90. The third-order valence-corrected chi connectivity index (χ3v) is 4.85. The first-order chi connectivity index (χ1) is 12.3. The Morgan fingerprint density at radius 3 is 2.73 bits per heavy atom. The molecule has 1 saturated heterocycles. The van der Waals surface area contributed by atoms with E-state index in [1.807, 2.05) is 13.8 Å². The van der Waals surface area contributed by atoms with Crippen LogP contribution in [0.5, 0.6) is 0 Å². The van der Waals surface area contributed by atoms with Gasteiger partial charge in [0.2, 0.25) is 5.82 Å². The smallest absolute Gasteiger partial charge is 0.289 e. The van der Waals surface area contributed by atoms with Crippen LogP contribution < -0.4 is 10.2 Å². The van der Waals surface area contributed by atoms with E-state index >= 15 is 0 Å². The molecule has 0 spiro atoms. The molecule has 1 N–H and O–H groups in total. The Labute approximate surface area is 153 Å². The van der Waals surface area contributed by atoms with Crippen molar-refractivity contribution in [3.8, 4) is 0 Å². The van der Waals surface area contributed by atoms with Gasteiger partial charge >= 0.3 is 0 Å². The third kappa shape index (κ3) is 3.85. The van der Waals surface area contributed by atoms with Crippen molar-refractivity contribution in [2.45, 2.75) is 39.8 Å². The summed E-state index contributed by atoms with van der Waals surface area (Å²) >= 11 is 0. The van der Waals surface area contributed by atoms with Crippen LogP contribution in [0, 0.1) is 20.8 Å². The molecule has 0 aromatic carbocycles. The van der Waals surface area contributed by atoms with Gasteiger partial charge in [0.25, 0.3) is 5.91 Å². The Kier molecular flexibility index (Phi) is 5.22. The Balaban J connectivity index is 1.76. The minimum atomic E-state index is -0.313. The predicted molar refractivity (Wildman–Crippen MR) is 98.2 cm³/mol. The van der Waals surface area contributed by atoms with E-state index in [1.165, 1.54) is 0 Å². The normalized spacial score (nSPS) is 17.2. The second-order valence-electron chi connectivity index (χ2n) is 6.96. The van der Waals surface area contributed by atoms with Gasteiger partial charge in [-0.15, -0.1) is 0 Å². The van der Waals surface area contributed by atoms with Crippen LogP contribution in [0.2, 0.25) is 0 Å². The van der Waals surface area contributed by atoms with Crippen molar-refractivity contribution in [1.82, 2.24) is 25.2 Å². The summed E-state index contributed by atoms with van der Waals surface area (Å²) in [5.41, 5.74) is 1.84. The molecular formula is C18H26N6O2. The molecule has 0 saturated carbocycles. The maximum atomic E-state index is 12.5. The molecule has 1 amide bonds. The topological polar surface area (TPSA) is 87.4 Å². The summed E-state index contributed by atoms with van der Waals surface area (Å²) in [4.78, 5) is 29.9. The first kappa shape index (κ1) is 18.3. The number of hydrogen-bond acceptors (Lipinski definition) is 7. The molecule has 1 aliphatic rings. The van der Waals surface area contributed by atoms with Gasteiger partial charge < -0.3 is 19.5 Å². The number of nitrogens with one attached hydrogen (secondary N) is 1. The highest BCUT2D eigenvalue weighted by atomic mass is 16.4. The quantitative estimate of drug-likeness (QED) is 0.866. The SMILES string of the molecule is Cc1ncc(CNC(=O)c2nc(C)c(C)c(N3CC[C@@H](N(C)C)C3)n2)o1. The molecule has 1 aliphatic heterocycles. The van der Waals surface area contributed by atoms with Crippen molar-refractivity contribution in [2.24, 2.45) is 0 Å². The number of anilines is 1. The van der Waals surface area contributed by atoms with Gasteiger partial charge in [-0.3, -0.25) is 4.79 Å². The fourth-order valence-electron chi connectivity index (χ4n) is 3.11. The zero-order valence-electron chi connectivity index (χ0n) is 16.0. The minimum Gasteiger partial charge on any atom is -0.444 e. The van der Waals surface area contributed by atoms with Crippen LogP contribution in [-0.2, 0) is 6.54 Å². The van der Waals surface area contributed by atoms with Gasteiger partial charge in [-0.2, -0.15) is 0 Å². The molecule has 0 unspecified atom stereocenters. The molecule has 140 valence electrons. The van der Waals surface area contributed by atoms with Crippen LogP contribution in [0.25, 0.3) is 0 Å². The molecule has 0 radical (unpaired) electrons. The summed E-state index contributed by atoms with van der Waals surface area (Å²) < 4.78 is 5.37. The maximum absolute atomic E-state index is 12.5. The Hall–Kier alpha value is -2.48. The van der Waals surface area contributed by atoms with Gasteiger partial charge in [-0.25, -0.2) is 15.0 Å². The van der Waals surface area contributed by atoms with Gasteiger partial charge in [0, 0.05) is 37.3 Å². The molecule has 3 heterocycles. The molecule has 1 fully saturated rings. The first-order valence-electron chi connectivity index (χ1n) is 8.81. The second kappa shape index (κ2) is 7.41. The second-order valence-corrected chi connectivity index (χ2v) is 6.96. The van der Waals surface area contributed by atoms with Gasteiger partial charge in [-0.05, 0) is 34.4 Å². The fourth-order valence-corrected chi connectivity index (χ4v) is 3.11. The number of oxazole rings is 1. The van der Waals surface area contributed by atoms with E-state index in [4.69, 9.17) is 4.42 Å². The largest absolute Gasteiger partial charge is 0.444 e. The van der Waals surface area contributed by atoms with Gasteiger partial charge in [0.05, 0.1) is 12.7 Å². The van der Waals surface area contributed by atoms with E-state index in [9.17, 15) is 4.79 Å². The molecule has 26 heavy (non-hydrogen) atoms. The molecule has 3 rings (SSSR count). The summed E-state index contributed by atoms with van der Waals surface area (Å²) in [7, 11) is 4.19. The fraction of sp³-hybridized carbons (Fsp3) is 0.556. The molecular weight excluding hydrogens is 332 g/mol. The van der Waals surface area contributed by atoms with Crippen LogP contribution in [0.15, 0.2) is 10.6 Å². The number of rotatable bonds is 5. The van der Waals surface area contributed by atoms with E-state index in [1.54, 1.807) is 13.1 Å². The van der Waals surface area contributed by atoms with Crippen molar-refractivity contribution < 1.29 is 9.21 Å². The number of carbonyl (C=O) groups is 1. The van der Waals surface area contributed by atoms with Crippen molar-refractivity contribution >= 4 is 11.7 Å². The number of nitrogens with zero attached hydrogens (tertiary/aromatic N) is 5. The number of amides is 1. The van der Waals surface area contributed by atoms with E-state index in [0.29, 0.717) is 17.7 Å². The Bertz CT molecular complexity index is 801. The average molecular weight is 358 g/mol. The minimum absolute atomic E-state index is 0.188.